The van der Waals surface area contributed by atoms with Gasteiger partial charge < -0.3 is 5.32 Å². The number of hydrogen-bond donors (Lipinski definition) is 1. The maximum atomic E-state index is 12.0. The molecule has 0 bridgehead atoms. The summed E-state index contributed by atoms with van der Waals surface area (Å²) in [5.74, 6) is 0.958. The Morgan fingerprint density at radius 2 is 2.09 bits per heavy atom. The minimum absolute atomic E-state index is 0.0360. The number of nitrogens with one attached hydrogen (secondary N) is 1. The summed E-state index contributed by atoms with van der Waals surface area (Å²) in [6.45, 7) is 10.1. The summed E-state index contributed by atoms with van der Waals surface area (Å²) in [5, 5.41) is 13.1. The molecule has 0 saturated heterocycles. The third-order valence-electron chi connectivity index (χ3n) is 3.82. The monoisotopic (exact) mass is 326 g/mol. The van der Waals surface area contributed by atoms with Crippen LogP contribution in [-0.4, -0.2) is 11.7 Å². The fraction of sp³-hybridized carbons (Fsp3) is 0.368. The van der Waals surface area contributed by atoms with Crippen molar-refractivity contribution in [2.24, 2.45) is 0 Å². The molecule has 1 amide bonds. The van der Waals surface area contributed by atoms with Gasteiger partial charge in [0.25, 0.3) is 0 Å². The standard InChI is InChI=1S/C19H22N2OS/c1-12(2)11-23-19-17(10-20)16(9-18(22)21-19)15-7-5-14(6-8-15)13(3)4/h5-8,13,16H,1,9,11H2,2-4H3,(H,21,22)/t16-/m1/s1. The minimum atomic E-state index is -0.164. The molecule has 0 spiro atoms. The maximum Gasteiger partial charge on any atom is 0.225 e. The van der Waals surface area contributed by atoms with Crippen molar-refractivity contribution >= 4 is 17.7 Å². The summed E-state index contributed by atoms with van der Waals surface area (Å²) in [4.78, 5) is 12.0. The second-order valence-electron chi connectivity index (χ2n) is 6.23. The van der Waals surface area contributed by atoms with Gasteiger partial charge in [-0.2, -0.15) is 5.26 Å². The average molecular weight is 326 g/mol. The van der Waals surface area contributed by atoms with Crippen molar-refractivity contribution in [2.45, 2.75) is 39.0 Å². The SMILES string of the molecule is C=C(C)CSC1=C(C#N)[C@@H](c2ccc(C(C)C)cc2)CC(=O)N1. The summed E-state index contributed by atoms with van der Waals surface area (Å²) >= 11 is 1.47. The zero-order chi connectivity index (χ0) is 17.0. The normalized spacial score (nSPS) is 17.9. The lowest BCUT2D eigenvalue weighted by atomic mass is 9.86. The number of rotatable bonds is 5. The van der Waals surface area contributed by atoms with Gasteiger partial charge >= 0.3 is 0 Å². The molecule has 0 radical (unpaired) electrons. The van der Waals surface area contributed by atoms with Crippen LogP contribution in [0.5, 0.6) is 0 Å². The first-order valence-electron chi connectivity index (χ1n) is 7.73. The van der Waals surface area contributed by atoms with Crippen molar-refractivity contribution in [3.05, 3.63) is 58.1 Å². The van der Waals surface area contributed by atoms with Crippen LogP contribution in [0, 0.1) is 11.3 Å². The lowest BCUT2D eigenvalue weighted by Gasteiger charge is -2.25. The second kappa shape index (κ2) is 7.52. The van der Waals surface area contributed by atoms with Gasteiger partial charge in [-0.25, -0.2) is 0 Å². The number of amides is 1. The molecule has 0 aliphatic carbocycles. The fourth-order valence-electron chi connectivity index (χ4n) is 2.53. The van der Waals surface area contributed by atoms with E-state index in [2.05, 4.69) is 43.9 Å². The molecule has 1 aromatic rings. The Morgan fingerprint density at radius 1 is 1.43 bits per heavy atom. The number of carbonyl (C=O) groups excluding carboxylic acids is 1. The Morgan fingerprint density at radius 3 is 2.61 bits per heavy atom. The van der Waals surface area contributed by atoms with E-state index in [1.54, 1.807) is 0 Å². The molecule has 23 heavy (non-hydrogen) atoms. The Labute approximate surface area is 142 Å². The molecule has 0 aromatic heterocycles. The molecule has 0 unspecified atom stereocenters. The molecule has 1 aromatic carbocycles. The van der Waals surface area contributed by atoms with E-state index in [1.165, 1.54) is 17.3 Å². The van der Waals surface area contributed by atoms with Gasteiger partial charge in [-0.05, 0) is 24.0 Å². The highest BCUT2D eigenvalue weighted by molar-refractivity contribution is 8.03. The van der Waals surface area contributed by atoms with E-state index in [-0.39, 0.29) is 11.8 Å². The molecular weight excluding hydrogens is 304 g/mol. The van der Waals surface area contributed by atoms with Crippen molar-refractivity contribution in [1.82, 2.24) is 5.32 Å². The van der Waals surface area contributed by atoms with Crippen LogP contribution in [0.1, 0.15) is 50.2 Å². The summed E-state index contributed by atoms with van der Waals surface area (Å²) < 4.78 is 0. The summed E-state index contributed by atoms with van der Waals surface area (Å²) in [6, 6.07) is 10.5. The van der Waals surface area contributed by atoms with Gasteiger partial charge in [-0.1, -0.05) is 50.3 Å². The van der Waals surface area contributed by atoms with Crippen molar-refractivity contribution in [3.63, 3.8) is 0 Å². The van der Waals surface area contributed by atoms with Gasteiger partial charge in [0.2, 0.25) is 5.91 Å². The molecule has 1 aliphatic rings. The van der Waals surface area contributed by atoms with Gasteiger partial charge in [0.15, 0.2) is 0 Å². The van der Waals surface area contributed by atoms with Crippen LogP contribution in [0.15, 0.2) is 47.0 Å². The van der Waals surface area contributed by atoms with E-state index in [4.69, 9.17) is 0 Å². The fourth-order valence-corrected chi connectivity index (χ4v) is 3.45. The number of allylic oxidation sites excluding steroid dienone is 1. The zero-order valence-corrected chi connectivity index (χ0v) is 14.7. The third-order valence-corrected chi connectivity index (χ3v) is 5.07. The number of thioether (sulfide) groups is 1. The number of hydrogen-bond acceptors (Lipinski definition) is 3. The first kappa shape index (κ1) is 17.4. The Bertz CT molecular complexity index is 680. The Hall–Kier alpha value is -1.99. The van der Waals surface area contributed by atoms with E-state index < -0.39 is 0 Å². The Kier molecular flexibility index (Phi) is 5.68. The van der Waals surface area contributed by atoms with Crippen molar-refractivity contribution in [2.75, 3.05) is 5.75 Å². The second-order valence-corrected chi connectivity index (χ2v) is 7.21. The first-order chi connectivity index (χ1) is 10.9. The molecule has 0 fully saturated rings. The molecule has 120 valence electrons. The first-order valence-corrected chi connectivity index (χ1v) is 8.72. The van der Waals surface area contributed by atoms with Crippen molar-refractivity contribution < 1.29 is 4.79 Å². The molecule has 1 atom stereocenters. The number of benzene rings is 1. The number of carbonyl (C=O) groups is 1. The summed E-state index contributed by atoms with van der Waals surface area (Å²) in [5.41, 5.74) is 3.94. The van der Waals surface area contributed by atoms with Crippen LogP contribution in [0.3, 0.4) is 0 Å². The van der Waals surface area contributed by atoms with E-state index in [0.29, 0.717) is 28.7 Å². The molecule has 3 nitrogen and oxygen atoms in total. The van der Waals surface area contributed by atoms with Gasteiger partial charge in [0.05, 0.1) is 16.7 Å². The van der Waals surface area contributed by atoms with Gasteiger partial charge in [-0.15, -0.1) is 11.8 Å². The molecule has 1 N–H and O–H groups in total. The van der Waals surface area contributed by atoms with Gasteiger partial charge in [0, 0.05) is 18.1 Å². The number of nitrogens with zero attached hydrogens (tertiary/aromatic N) is 1. The molecule has 4 heteroatoms. The summed E-state index contributed by atoms with van der Waals surface area (Å²) in [7, 11) is 0. The zero-order valence-electron chi connectivity index (χ0n) is 13.8. The maximum absolute atomic E-state index is 12.0. The molecule has 2 rings (SSSR count). The highest BCUT2D eigenvalue weighted by atomic mass is 32.2. The van der Waals surface area contributed by atoms with E-state index in [1.807, 2.05) is 19.1 Å². The quantitative estimate of drug-likeness (QED) is 0.813. The molecule has 0 saturated carbocycles. The summed E-state index contributed by atoms with van der Waals surface area (Å²) in [6.07, 6.45) is 0.320. The predicted octanol–water partition coefficient (Wildman–Crippen LogP) is 4.46. The number of nitriles is 1. The molecule has 1 aliphatic heterocycles. The van der Waals surface area contributed by atoms with Crippen LogP contribution in [0.25, 0.3) is 0 Å². The third kappa shape index (κ3) is 4.27. The van der Waals surface area contributed by atoms with E-state index >= 15 is 0 Å². The largest absolute Gasteiger partial charge is 0.320 e. The van der Waals surface area contributed by atoms with Gasteiger partial charge in [-0.3, -0.25) is 4.79 Å². The van der Waals surface area contributed by atoms with Crippen molar-refractivity contribution in [3.8, 4) is 6.07 Å². The average Bonchev–Trinajstić information content (AvgIpc) is 2.52. The predicted molar refractivity (Wildman–Crippen MR) is 95.9 cm³/mol. The van der Waals surface area contributed by atoms with E-state index in [9.17, 15) is 10.1 Å². The molecular formula is C19H22N2OS. The highest BCUT2D eigenvalue weighted by Crippen LogP contribution is 2.36. The van der Waals surface area contributed by atoms with Crippen LogP contribution in [-0.2, 0) is 4.79 Å². The Balaban J connectivity index is 2.34. The lowest BCUT2D eigenvalue weighted by molar-refractivity contribution is -0.120. The molecule has 1 heterocycles. The van der Waals surface area contributed by atoms with Crippen LogP contribution < -0.4 is 5.32 Å². The smallest absolute Gasteiger partial charge is 0.225 e. The van der Waals surface area contributed by atoms with Crippen LogP contribution in [0.2, 0.25) is 0 Å². The minimum Gasteiger partial charge on any atom is -0.320 e. The lowest BCUT2D eigenvalue weighted by Crippen LogP contribution is -2.31. The highest BCUT2D eigenvalue weighted by Gasteiger charge is 2.29. The van der Waals surface area contributed by atoms with E-state index in [0.717, 1.165) is 11.1 Å². The topological polar surface area (TPSA) is 52.9 Å². The van der Waals surface area contributed by atoms with Crippen molar-refractivity contribution in [1.29, 1.82) is 5.26 Å². The van der Waals surface area contributed by atoms with Crippen LogP contribution in [0.4, 0.5) is 0 Å². The van der Waals surface area contributed by atoms with Gasteiger partial charge in [0.1, 0.15) is 0 Å². The van der Waals surface area contributed by atoms with Crippen LogP contribution >= 0.6 is 11.8 Å².